The molecule has 2 rings (SSSR count). The molecule has 0 unspecified atom stereocenters. The minimum atomic E-state index is -0.897. The molecular formula is C20H23NO5. The Kier molecular flexibility index (Phi) is 7.49. The van der Waals surface area contributed by atoms with Crippen LogP contribution in [-0.2, 0) is 14.3 Å². The number of esters is 1. The third-order valence-corrected chi connectivity index (χ3v) is 3.43. The normalized spacial score (nSPS) is 11.3. The van der Waals surface area contributed by atoms with E-state index in [1.807, 2.05) is 25.1 Å². The monoisotopic (exact) mass is 357 g/mol. The third-order valence-electron chi connectivity index (χ3n) is 3.43. The van der Waals surface area contributed by atoms with E-state index in [4.69, 9.17) is 14.2 Å². The van der Waals surface area contributed by atoms with Crippen LogP contribution in [0.3, 0.4) is 0 Å². The number of rotatable bonds is 9. The number of anilines is 1. The van der Waals surface area contributed by atoms with Gasteiger partial charge in [-0.3, -0.25) is 9.59 Å². The fourth-order valence-corrected chi connectivity index (χ4v) is 2.12. The first-order chi connectivity index (χ1) is 12.6. The quantitative estimate of drug-likeness (QED) is 0.696. The highest BCUT2D eigenvalue weighted by Crippen LogP contribution is 2.16. The number of benzene rings is 2. The molecule has 138 valence electrons. The second kappa shape index (κ2) is 10.1. The van der Waals surface area contributed by atoms with Crippen LogP contribution in [-0.4, -0.2) is 31.2 Å². The van der Waals surface area contributed by atoms with Crippen LogP contribution in [0.1, 0.15) is 20.3 Å². The maximum atomic E-state index is 12.1. The van der Waals surface area contributed by atoms with E-state index in [1.165, 1.54) is 6.92 Å². The second-order valence-electron chi connectivity index (χ2n) is 5.49. The van der Waals surface area contributed by atoms with Gasteiger partial charge in [-0.05, 0) is 50.2 Å². The average Bonchev–Trinajstić information content (AvgIpc) is 2.64. The lowest BCUT2D eigenvalue weighted by molar-refractivity contribution is -0.153. The van der Waals surface area contributed by atoms with Crippen molar-refractivity contribution < 1.29 is 23.8 Å². The summed E-state index contributed by atoms with van der Waals surface area (Å²) in [5.41, 5.74) is 0.605. The largest absolute Gasteiger partial charge is 0.494 e. The van der Waals surface area contributed by atoms with E-state index in [9.17, 15) is 9.59 Å². The number of hydrogen-bond acceptors (Lipinski definition) is 5. The second-order valence-corrected chi connectivity index (χ2v) is 5.49. The molecule has 6 nitrogen and oxygen atoms in total. The molecule has 1 amide bonds. The predicted molar refractivity (Wildman–Crippen MR) is 98.3 cm³/mol. The molecule has 1 atom stereocenters. The Morgan fingerprint density at radius 3 is 2.27 bits per heavy atom. The summed E-state index contributed by atoms with van der Waals surface area (Å²) in [4.78, 5) is 23.9. The van der Waals surface area contributed by atoms with Crippen molar-refractivity contribution >= 4 is 17.6 Å². The first-order valence-corrected chi connectivity index (χ1v) is 8.49. The van der Waals surface area contributed by atoms with E-state index in [-0.39, 0.29) is 13.0 Å². The summed E-state index contributed by atoms with van der Waals surface area (Å²) in [6.07, 6.45) is -0.832. The highest BCUT2D eigenvalue weighted by Gasteiger charge is 2.18. The summed E-state index contributed by atoms with van der Waals surface area (Å²) in [5, 5.41) is 2.70. The van der Waals surface area contributed by atoms with Crippen molar-refractivity contribution in [1.82, 2.24) is 0 Å². The lowest BCUT2D eigenvalue weighted by atomic mass is 10.3. The van der Waals surface area contributed by atoms with Crippen LogP contribution >= 0.6 is 0 Å². The number of para-hydroxylation sites is 1. The smallest absolute Gasteiger partial charge is 0.310 e. The van der Waals surface area contributed by atoms with Gasteiger partial charge in [-0.25, -0.2) is 0 Å². The Bertz CT molecular complexity index is 700. The maximum absolute atomic E-state index is 12.1. The van der Waals surface area contributed by atoms with Gasteiger partial charge in [0, 0.05) is 5.69 Å². The lowest BCUT2D eigenvalue weighted by Crippen LogP contribution is -2.30. The van der Waals surface area contributed by atoms with E-state index in [2.05, 4.69) is 5.32 Å². The van der Waals surface area contributed by atoms with Gasteiger partial charge in [0.05, 0.1) is 19.6 Å². The number of hydrogen-bond donors (Lipinski definition) is 1. The molecule has 2 aromatic rings. The topological polar surface area (TPSA) is 73.9 Å². The molecule has 0 saturated carbocycles. The Balaban J connectivity index is 1.72. The number of amides is 1. The SMILES string of the molecule is CCOc1ccc(NC(=O)[C@@H](C)OC(=O)CCOc2ccccc2)cc1. The summed E-state index contributed by atoms with van der Waals surface area (Å²) in [5.74, 6) is 0.520. The number of carbonyl (C=O) groups is 2. The molecule has 0 bridgehead atoms. The molecule has 0 aliphatic heterocycles. The van der Waals surface area contributed by atoms with Gasteiger partial charge in [-0.2, -0.15) is 0 Å². The maximum Gasteiger partial charge on any atom is 0.310 e. The summed E-state index contributed by atoms with van der Waals surface area (Å²) in [6, 6.07) is 16.2. The van der Waals surface area contributed by atoms with Gasteiger partial charge in [0.25, 0.3) is 5.91 Å². The van der Waals surface area contributed by atoms with Crippen molar-refractivity contribution in [2.24, 2.45) is 0 Å². The molecule has 0 aromatic heterocycles. The molecule has 0 saturated heterocycles. The molecule has 0 spiro atoms. The van der Waals surface area contributed by atoms with E-state index in [0.29, 0.717) is 18.0 Å². The van der Waals surface area contributed by atoms with Crippen molar-refractivity contribution in [3.63, 3.8) is 0 Å². The zero-order valence-corrected chi connectivity index (χ0v) is 14.9. The fraction of sp³-hybridized carbons (Fsp3) is 0.300. The average molecular weight is 357 g/mol. The van der Waals surface area contributed by atoms with Gasteiger partial charge in [0.15, 0.2) is 6.10 Å². The Morgan fingerprint density at radius 1 is 0.962 bits per heavy atom. The Hall–Kier alpha value is -3.02. The van der Waals surface area contributed by atoms with Gasteiger partial charge in [-0.15, -0.1) is 0 Å². The molecule has 0 aliphatic carbocycles. The molecule has 26 heavy (non-hydrogen) atoms. The third kappa shape index (κ3) is 6.47. The molecule has 6 heteroatoms. The van der Waals surface area contributed by atoms with Gasteiger partial charge in [0.2, 0.25) is 0 Å². The lowest BCUT2D eigenvalue weighted by Gasteiger charge is -2.14. The zero-order valence-electron chi connectivity index (χ0n) is 14.9. The van der Waals surface area contributed by atoms with Crippen molar-refractivity contribution in [1.29, 1.82) is 0 Å². The van der Waals surface area contributed by atoms with Crippen molar-refractivity contribution in [3.05, 3.63) is 54.6 Å². The Labute approximate surface area is 153 Å². The van der Waals surface area contributed by atoms with Crippen LogP contribution in [0.15, 0.2) is 54.6 Å². The first kappa shape index (κ1) is 19.3. The van der Waals surface area contributed by atoms with Crippen LogP contribution in [0.4, 0.5) is 5.69 Å². The van der Waals surface area contributed by atoms with Gasteiger partial charge in [-0.1, -0.05) is 18.2 Å². The number of nitrogens with one attached hydrogen (secondary N) is 1. The summed E-state index contributed by atoms with van der Waals surface area (Å²) >= 11 is 0. The highest BCUT2D eigenvalue weighted by molar-refractivity contribution is 5.95. The zero-order chi connectivity index (χ0) is 18.8. The fourth-order valence-electron chi connectivity index (χ4n) is 2.12. The van der Waals surface area contributed by atoms with Crippen LogP contribution in [0.2, 0.25) is 0 Å². The first-order valence-electron chi connectivity index (χ1n) is 8.49. The van der Waals surface area contributed by atoms with Gasteiger partial charge in [0.1, 0.15) is 11.5 Å². The summed E-state index contributed by atoms with van der Waals surface area (Å²) in [7, 11) is 0. The van der Waals surface area contributed by atoms with E-state index in [1.54, 1.807) is 36.4 Å². The number of carbonyl (C=O) groups excluding carboxylic acids is 2. The molecule has 0 fully saturated rings. The van der Waals surface area contributed by atoms with E-state index in [0.717, 1.165) is 5.75 Å². The van der Waals surface area contributed by atoms with Crippen LogP contribution in [0.25, 0.3) is 0 Å². The van der Waals surface area contributed by atoms with E-state index < -0.39 is 18.0 Å². The van der Waals surface area contributed by atoms with Gasteiger partial charge >= 0.3 is 5.97 Å². The molecule has 0 aliphatic rings. The van der Waals surface area contributed by atoms with Crippen molar-refractivity contribution in [3.8, 4) is 11.5 Å². The van der Waals surface area contributed by atoms with E-state index >= 15 is 0 Å². The van der Waals surface area contributed by atoms with Gasteiger partial charge < -0.3 is 19.5 Å². The van der Waals surface area contributed by atoms with Crippen molar-refractivity contribution in [2.75, 3.05) is 18.5 Å². The highest BCUT2D eigenvalue weighted by atomic mass is 16.5. The molecule has 2 aromatic carbocycles. The van der Waals surface area contributed by atoms with Crippen molar-refractivity contribution in [2.45, 2.75) is 26.4 Å². The standard InChI is InChI=1S/C20H23NO5/c1-3-24-18-11-9-16(10-12-18)21-20(23)15(2)26-19(22)13-14-25-17-7-5-4-6-8-17/h4-12,15H,3,13-14H2,1-2H3,(H,21,23)/t15-/m1/s1. The Morgan fingerprint density at radius 2 is 1.62 bits per heavy atom. The summed E-state index contributed by atoms with van der Waals surface area (Å²) in [6.45, 7) is 4.19. The molecular weight excluding hydrogens is 334 g/mol. The molecule has 1 N–H and O–H groups in total. The summed E-state index contributed by atoms with van der Waals surface area (Å²) < 4.78 is 15.9. The molecule has 0 heterocycles. The van der Waals surface area contributed by atoms with Crippen LogP contribution < -0.4 is 14.8 Å². The predicted octanol–water partition coefficient (Wildman–Crippen LogP) is 3.42. The minimum absolute atomic E-state index is 0.0650. The number of ether oxygens (including phenoxy) is 3. The molecule has 0 radical (unpaired) electrons. The van der Waals surface area contributed by atoms with Crippen LogP contribution in [0, 0.1) is 0 Å². The minimum Gasteiger partial charge on any atom is -0.494 e. The van der Waals surface area contributed by atoms with Crippen LogP contribution in [0.5, 0.6) is 11.5 Å².